The average Bonchev–Trinajstić information content (AvgIpc) is 3.05. The highest BCUT2D eigenvalue weighted by atomic mass is 32.1. The quantitative estimate of drug-likeness (QED) is 0.591. The van der Waals surface area contributed by atoms with Crippen LogP contribution in [0.2, 0.25) is 0 Å². The van der Waals surface area contributed by atoms with Crippen LogP contribution in [-0.2, 0) is 6.61 Å². The van der Waals surface area contributed by atoms with Crippen molar-refractivity contribution >= 4 is 22.4 Å². The summed E-state index contributed by atoms with van der Waals surface area (Å²) in [6.07, 6.45) is -0.0701. The number of halogens is 1. The first kappa shape index (κ1) is 19.8. The van der Waals surface area contributed by atoms with Crippen LogP contribution in [0.25, 0.3) is 0 Å². The van der Waals surface area contributed by atoms with E-state index in [9.17, 15) is 9.18 Å². The zero-order valence-corrected chi connectivity index (χ0v) is 16.7. The molecule has 1 N–H and O–H groups in total. The topological polar surface area (TPSA) is 60.5 Å². The molecular weight excluding hydrogens is 379 g/mol. The maximum absolute atomic E-state index is 13.8. The van der Waals surface area contributed by atoms with Crippen molar-refractivity contribution in [3.63, 3.8) is 0 Å². The van der Waals surface area contributed by atoms with Crippen LogP contribution in [0.3, 0.4) is 0 Å². The van der Waals surface area contributed by atoms with Crippen molar-refractivity contribution in [1.29, 1.82) is 0 Å². The van der Waals surface area contributed by atoms with Gasteiger partial charge in [-0.05, 0) is 39.0 Å². The molecule has 7 heteroatoms. The Morgan fingerprint density at radius 1 is 1.21 bits per heavy atom. The molecule has 0 fully saturated rings. The van der Waals surface area contributed by atoms with Crippen LogP contribution in [0.5, 0.6) is 11.5 Å². The summed E-state index contributed by atoms with van der Waals surface area (Å²) in [5.74, 6) is 0.261. The fourth-order valence-electron chi connectivity index (χ4n) is 2.48. The fourth-order valence-corrected chi connectivity index (χ4v) is 3.17. The molecule has 0 aliphatic carbocycles. The van der Waals surface area contributed by atoms with E-state index in [4.69, 9.17) is 9.47 Å². The largest absolute Gasteiger partial charge is 0.491 e. The lowest BCUT2D eigenvalue weighted by atomic mass is 10.2. The van der Waals surface area contributed by atoms with Crippen molar-refractivity contribution < 1.29 is 18.7 Å². The number of hydrogen-bond donors (Lipinski definition) is 1. The number of amides is 1. The van der Waals surface area contributed by atoms with Crippen LogP contribution in [0.4, 0.5) is 9.52 Å². The molecule has 0 saturated carbocycles. The molecule has 3 rings (SSSR count). The standard InChI is InChI=1S/C21H21FN2O3S/c1-13(2)27-18-9-16(20(25)24-21-23-14(3)12-28-21)8-17(10-18)26-11-15-6-4-5-7-19(15)22/h4-10,12-13H,11H2,1-3H3,(H,23,24,25). The van der Waals surface area contributed by atoms with Crippen molar-refractivity contribution in [2.24, 2.45) is 0 Å². The Bertz CT molecular complexity index is 972. The highest BCUT2D eigenvalue weighted by molar-refractivity contribution is 7.13. The monoisotopic (exact) mass is 400 g/mol. The summed E-state index contributed by atoms with van der Waals surface area (Å²) in [4.78, 5) is 16.9. The van der Waals surface area contributed by atoms with Gasteiger partial charge in [0.25, 0.3) is 5.91 Å². The van der Waals surface area contributed by atoms with E-state index in [0.717, 1.165) is 5.69 Å². The number of ether oxygens (including phenoxy) is 2. The fraction of sp³-hybridized carbons (Fsp3) is 0.238. The summed E-state index contributed by atoms with van der Waals surface area (Å²) >= 11 is 1.35. The predicted octanol–water partition coefficient (Wildman–Crippen LogP) is 5.21. The van der Waals surface area contributed by atoms with E-state index in [1.165, 1.54) is 17.4 Å². The summed E-state index contributed by atoms with van der Waals surface area (Å²) in [6.45, 7) is 5.69. The zero-order valence-electron chi connectivity index (χ0n) is 15.9. The van der Waals surface area contributed by atoms with E-state index in [1.807, 2.05) is 26.2 Å². The van der Waals surface area contributed by atoms with Gasteiger partial charge in [-0.15, -0.1) is 11.3 Å². The van der Waals surface area contributed by atoms with Gasteiger partial charge in [-0.25, -0.2) is 9.37 Å². The van der Waals surface area contributed by atoms with Gasteiger partial charge in [0.05, 0.1) is 11.8 Å². The molecule has 0 spiro atoms. The smallest absolute Gasteiger partial charge is 0.257 e. The number of rotatable bonds is 7. The minimum Gasteiger partial charge on any atom is -0.491 e. The molecule has 0 saturated heterocycles. The zero-order chi connectivity index (χ0) is 20.1. The van der Waals surface area contributed by atoms with Gasteiger partial charge < -0.3 is 9.47 Å². The molecule has 1 heterocycles. The number of carbonyl (C=O) groups is 1. The third-order valence-corrected chi connectivity index (χ3v) is 4.58. The molecule has 0 aliphatic heterocycles. The molecular formula is C21H21FN2O3S. The Hall–Kier alpha value is -2.93. The third kappa shape index (κ3) is 5.29. The van der Waals surface area contributed by atoms with Gasteiger partial charge in [0.1, 0.15) is 23.9 Å². The van der Waals surface area contributed by atoms with Crippen molar-refractivity contribution in [3.8, 4) is 11.5 Å². The molecule has 5 nitrogen and oxygen atoms in total. The first-order valence-corrected chi connectivity index (χ1v) is 9.70. The number of aryl methyl sites for hydroxylation is 1. The SMILES string of the molecule is Cc1csc(NC(=O)c2cc(OCc3ccccc3F)cc(OC(C)C)c2)n1. The maximum Gasteiger partial charge on any atom is 0.257 e. The highest BCUT2D eigenvalue weighted by Gasteiger charge is 2.13. The van der Waals surface area contributed by atoms with Gasteiger partial charge in [0, 0.05) is 22.6 Å². The molecule has 1 aromatic heterocycles. The second-order valence-corrected chi connectivity index (χ2v) is 7.35. The van der Waals surface area contributed by atoms with E-state index in [1.54, 1.807) is 36.4 Å². The van der Waals surface area contributed by atoms with E-state index in [2.05, 4.69) is 10.3 Å². The highest BCUT2D eigenvalue weighted by Crippen LogP contribution is 2.26. The number of thiazole rings is 1. The van der Waals surface area contributed by atoms with Gasteiger partial charge in [-0.1, -0.05) is 18.2 Å². The van der Waals surface area contributed by atoms with Gasteiger partial charge in [0.2, 0.25) is 0 Å². The number of anilines is 1. The Balaban J connectivity index is 1.81. The second-order valence-electron chi connectivity index (χ2n) is 6.49. The second kappa shape index (κ2) is 8.84. The summed E-state index contributed by atoms with van der Waals surface area (Å²) < 4.78 is 25.3. The molecule has 0 atom stereocenters. The Kier molecular flexibility index (Phi) is 6.26. The minimum atomic E-state index is -0.339. The number of hydrogen-bond acceptors (Lipinski definition) is 5. The van der Waals surface area contributed by atoms with Crippen molar-refractivity contribution in [1.82, 2.24) is 4.98 Å². The van der Waals surface area contributed by atoms with Crippen LogP contribution in [0.1, 0.15) is 35.5 Å². The maximum atomic E-state index is 13.8. The minimum absolute atomic E-state index is 0.0462. The summed E-state index contributed by atoms with van der Waals surface area (Å²) in [5, 5.41) is 5.14. The lowest BCUT2D eigenvalue weighted by Crippen LogP contribution is -2.13. The molecule has 1 amide bonds. The number of benzene rings is 2. The number of aromatic nitrogens is 1. The number of nitrogens with zero attached hydrogens (tertiary/aromatic N) is 1. The lowest BCUT2D eigenvalue weighted by molar-refractivity contribution is 0.102. The molecule has 28 heavy (non-hydrogen) atoms. The van der Waals surface area contributed by atoms with Gasteiger partial charge >= 0.3 is 0 Å². The van der Waals surface area contributed by atoms with E-state index >= 15 is 0 Å². The van der Waals surface area contributed by atoms with Crippen LogP contribution >= 0.6 is 11.3 Å². The molecule has 0 bridgehead atoms. The number of nitrogens with one attached hydrogen (secondary N) is 1. The molecule has 146 valence electrons. The Labute approximate surface area is 167 Å². The summed E-state index contributed by atoms with van der Waals surface area (Å²) in [6, 6.07) is 11.3. The van der Waals surface area contributed by atoms with Crippen molar-refractivity contribution in [3.05, 3.63) is 70.5 Å². The Morgan fingerprint density at radius 2 is 1.96 bits per heavy atom. The lowest BCUT2D eigenvalue weighted by Gasteiger charge is -2.14. The summed E-state index contributed by atoms with van der Waals surface area (Å²) in [7, 11) is 0. The predicted molar refractivity (Wildman–Crippen MR) is 108 cm³/mol. The first-order chi connectivity index (χ1) is 13.4. The van der Waals surface area contributed by atoms with Crippen LogP contribution in [-0.4, -0.2) is 17.0 Å². The van der Waals surface area contributed by atoms with Crippen LogP contribution in [0, 0.1) is 12.7 Å². The summed E-state index contributed by atoms with van der Waals surface area (Å²) in [5.41, 5.74) is 1.64. The van der Waals surface area contributed by atoms with Crippen molar-refractivity contribution in [2.45, 2.75) is 33.5 Å². The molecule has 0 radical (unpaired) electrons. The van der Waals surface area contributed by atoms with E-state index < -0.39 is 0 Å². The molecule has 0 unspecified atom stereocenters. The number of carbonyl (C=O) groups excluding carboxylic acids is 1. The van der Waals surface area contributed by atoms with Gasteiger partial charge in [-0.2, -0.15) is 0 Å². The average molecular weight is 400 g/mol. The first-order valence-electron chi connectivity index (χ1n) is 8.82. The Morgan fingerprint density at radius 3 is 2.64 bits per heavy atom. The third-order valence-electron chi connectivity index (χ3n) is 3.71. The molecule has 0 aliphatic rings. The molecule has 3 aromatic rings. The van der Waals surface area contributed by atoms with Crippen LogP contribution in [0.15, 0.2) is 47.8 Å². The molecule has 2 aromatic carbocycles. The van der Waals surface area contributed by atoms with E-state index in [0.29, 0.717) is 27.8 Å². The van der Waals surface area contributed by atoms with Gasteiger partial charge in [-0.3, -0.25) is 10.1 Å². The van der Waals surface area contributed by atoms with Crippen LogP contribution < -0.4 is 14.8 Å². The normalized spacial score (nSPS) is 10.8. The van der Waals surface area contributed by atoms with E-state index in [-0.39, 0.29) is 24.4 Å². The van der Waals surface area contributed by atoms with Crippen molar-refractivity contribution in [2.75, 3.05) is 5.32 Å². The van der Waals surface area contributed by atoms with Gasteiger partial charge in [0.15, 0.2) is 5.13 Å².